The number of hydrogen-bond acceptors (Lipinski definition) is 1. The Kier molecular flexibility index (Phi) is 2.18. The molecule has 1 aromatic rings. The average Bonchev–Trinajstić information content (AvgIpc) is 2.83. The molecule has 0 N–H and O–H groups in total. The summed E-state index contributed by atoms with van der Waals surface area (Å²) in [5.74, 6) is 0.176. The first-order chi connectivity index (χ1) is 6.47. The fourth-order valence-corrected chi connectivity index (χ4v) is 1.48. The second-order valence-electron chi connectivity index (χ2n) is 3.38. The first kappa shape index (κ1) is 9.77. The summed E-state index contributed by atoms with van der Waals surface area (Å²) < 4.78 is 37.0. The van der Waals surface area contributed by atoms with Gasteiger partial charge in [-0.3, -0.25) is 0 Å². The molecule has 0 amide bonds. The Labute approximate surface area is 83.9 Å². The number of nitrogens with zero attached hydrogens (tertiary/aromatic N) is 1. The summed E-state index contributed by atoms with van der Waals surface area (Å²) in [6.45, 7) is 0. The number of alkyl halides is 3. The molecule has 0 aliphatic heterocycles. The molecule has 1 aliphatic rings. The SMILES string of the molecule is FC(F)(F)c1cc(Cl)nc(C2CC2)c1. The molecule has 0 spiro atoms. The third kappa shape index (κ3) is 2.00. The summed E-state index contributed by atoms with van der Waals surface area (Å²) in [4.78, 5) is 3.87. The first-order valence-electron chi connectivity index (χ1n) is 4.21. The quantitative estimate of drug-likeness (QED) is 0.660. The predicted octanol–water partition coefficient (Wildman–Crippen LogP) is 3.63. The van der Waals surface area contributed by atoms with Crippen LogP contribution < -0.4 is 0 Å². The molecular formula is C9H7ClF3N. The highest BCUT2D eigenvalue weighted by molar-refractivity contribution is 6.29. The van der Waals surface area contributed by atoms with Gasteiger partial charge in [0.05, 0.1) is 5.56 Å². The zero-order valence-corrected chi connectivity index (χ0v) is 7.86. The number of aromatic nitrogens is 1. The lowest BCUT2D eigenvalue weighted by molar-refractivity contribution is -0.137. The maximum Gasteiger partial charge on any atom is 0.416 e. The Bertz CT molecular complexity index is 358. The molecule has 1 fully saturated rings. The van der Waals surface area contributed by atoms with E-state index in [-0.39, 0.29) is 11.1 Å². The Morgan fingerprint density at radius 2 is 1.93 bits per heavy atom. The van der Waals surface area contributed by atoms with Crippen LogP contribution in [-0.4, -0.2) is 4.98 Å². The fourth-order valence-electron chi connectivity index (χ4n) is 1.27. The molecule has 0 radical (unpaired) electrons. The van der Waals surface area contributed by atoms with Gasteiger partial charge >= 0.3 is 6.18 Å². The van der Waals surface area contributed by atoms with E-state index >= 15 is 0 Å². The maximum atomic E-state index is 12.3. The summed E-state index contributed by atoms with van der Waals surface area (Å²) in [5, 5.41) is -0.0817. The van der Waals surface area contributed by atoms with Gasteiger partial charge in [0.1, 0.15) is 5.15 Å². The summed E-state index contributed by atoms with van der Waals surface area (Å²) in [6, 6.07) is 1.94. The van der Waals surface area contributed by atoms with Crippen LogP contribution >= 0.6 is 11.6 Å². The van der Waals surface area contributed by atoms with Crippen molar-refractivity contribution >= 4 is 11.6 Å². The van der Waals surface area contributed by atoms with Crippen molar-refractivity contribution in [3.8, 4) is 0 Å². The van der Waals surface area contributed by atoms with Crippen molar-refractivity contribution in [1.29, 1.82) is 0 Å². The normalized spacial score (nSPS) is 17.1. The molecule has 5 heteroatoms. The average molecular weight is 222 g/mol. The molecular weight excluding hydrogens is 215 g/mol. The zero-order chi connectivity index (χ0) is 10.3. The Morgan fingerprint density at radius 1 is 1.29 bits per heavy atom. The molecule has 76 valence electrons. The van der Waals surface area contributed by atoms with Gasteiger partial charge in [-0.25, -0.2) is 4.98 Å². The largest absolute Gasteiger partial charge is 0.416 e. The van der Waals surface area contributed by atoms with E-state index in [1.807, 2.05) is 0 Å². The molecule has 1 saturated carbocycles. The highest BCUT2D eigenvalue weighted by atomic mass is 35.5. The smallest absolute Gasteiger partial charge is 0.241 e. The zero-order valence-electron chi connectivity index (χ0n) is 7.11. The second kappa shape index (κ2) is 3.12. The van der Waals surface area contributed by atoms with Gasteiger partial charge in [0, 0.05) is 11.6 Å². The van der Waals surface area contributed by atoms with Crippen molar-refractivity contribution in [2.24, 2.45) is 0 Å². The van der Waals surface area contributed by atoms with Crippen LogP contribution in [0.3, 0.4) is 0 Å². The highest BCUT2D eigenvalue weighted by Gasteiger charge is 2.34. The molecule has 0 atom stereocenters. The van der Waals surface area contributed by atoms with E-state index in [1.165, 1.54) is 0 Å². The van der Waals surface area contributed by atoms with Gasteiger partial charge in [-0.05, 0) is 25.0 Å². The number of pyridine rings is 1. The minimum atomic E-state index is -4.34. The van der Waals surface area contributed by atoms with Gasteiger partial charge < -0.3 is 0 Å². The van der Waals surface area contributed by atoms with Gasteiger partial charge in [-0.1, -0.05) is 11.6 Å². The summed E-state index contributed by atoms with van der Waals surface area (Å²) in [5.41, 5.74) is -0.246. The lowest BCUT2D eigenvalue weighted by Crippen LogP contribution is -2.06. The van der Waals surface area contributed by atoms with Gasteiger partial charge in [-0.2, -0.15) is 13.2 Å². The van der Waals surface area contributed by atoms with E-state index < -0.39 is 11.7 Å². The molecule has 2 rings (SSSR count). The minimum Gasteiger partial charge on any atom is -0.241 e. The summed E-state index contributed by atoms with van der Waals surface area (Å²) in [7, 11) is 0. The third-order valence-corrected chi connectivity index (χ3v) is 2.33. The van der Waals surface area contributed by atoms with Crippen molar-refractivity contribution in [3.63, 3.8) is 0 Å². The second-order valence-corrected chi connectivity index (χ2v) is 3.76. The molecule has 0 saturated heterocycles. The van der Waals surface area contributed by atoms with Gasteiger partial charge in [0.25, 0.3) is 0 Å². The highest BCUT2D eigenvalue weighted by Crippen LogP contribution is 2.41. The van der Waals surface area contributed by atoms with Crippen LogP contribution in [0.15, 0.2) is 12.1 Å². The Morgan fingerprint density at radius 3 is 2.43 bits per heavy atom. The molecule has 0 aromatic carbocycles. The van der Waals surface area contributed by atoms with Gasteiger partial charge in [0.15, 0.2) is 0 Å². The minimum absolute atomic E-state index is 0.0817. The monoisotopic (exact) mass is 221 g/mol. The predicted molar refractivity (Wildman–Crippen MR) is 46.2 cm³/mol. The Balaban J connectivity index is 2.41. The van der Waals surface area contributed by atoms with E-state index in [0.717, 1.165) is 25.0 Å². The van der Waals surface area contributed by atoms with E-state index in [9.17, 15) is 13.2 Å². The molecule has 1 aliphatic carbocycles. The Hall–Kier alpha value is -0.770. The van der Waals surface area contributed by atoms with Crippen LogP contribution in [0.5, 0.6) is 0 Å². The van der Waals surface area contributed by atoms with Gasteiger partial charge in [-0.15, -0.1) is 0 Å². The molecule has 0 bridgehead atoms. The molecule has 1 nitrogen and oxygen atoms in total. The van der Waals surface area contributed by atoms with E-state index in [0.29, 0.717) is 5.69 Å². The third-order valence-electron chi connectivity index (χ3n) is 2.14. The van der Waals surface area contributed by atoms with E-state index in [4.69, 9.17) is 11.6 Å². The van der Waals surface area contributed by atoms with Crippen molar-refractivity contribution in [3.05, 3.63) is 28.5 Å². The standard InChI is InChI=1S/C9H7ClF3N/c10-8-4-6(9(11,12)13)3-7(14-8)5-1-2-5/h3-5H,1-2H2. The van der Waals surface area contributed by atoms with Crippen LogP contribution in [0, 0.1) is 0 Å². The number of rotatable bonds is 1. The van der Waals surface area contributed by atoms with Crippen molar-refractivity contribution in [2.45, 2.75) is 24.9 Å². The van der Waals surface area contributed by atoms with Crippen molar-refractivity contribution < 1.29 is 13.2 Å². The van der Waals surface area contributed by atoms with Crippen molar-refractivity contribution in [1.82, 2.24) is 4.98 Å². The fraction of sp³-hybridized carbons (Fsp3) is 0.444. The van der Waals surface area contributed by atoms with E-state index in [2.05, 4.69) is 4.98 Å². The van der Waals surface area contributed by atoms with Crippen molar-refractivity contribution in [2.75, 3.05) is 0 Å². The number of halogens is 4. The maximum absolute atomic E-state index is 12.3. The lowest BCUT2D eigenvalue weighted by Gasteiger charge is -2.08. The molecule has 14 heavy (non-hydrogen) atoms. The van der Waals surface area contributed by atoms with Gasteiger partial charge in [0.2, 0.25) is 0 Å². The lowest BCUT2D eigenvalue weighted by atomic mass is 10.2. The van der Waals surface area contributed by atoms with Crippen LogP contribution in [-0.2, 0) is 6.18 Å². The van der Waals surface area contributed by atoms with Crippen LogP contribution in [0.25, 0.3) is 0 Å². The molecule has 0 unspecified atom stereocenters. The van der Waals surface area contributed by atoms with E-state index in [1.54, 1.807) is 0 Å². The molecule has 1 aromatic heterocycles. The van der Waals surface area contributed by atoms with Crippen LogP contribution in [0.4, 0.5) is 13.2 Å². The van der Waals surface area contributed by atoms with Crippen LogP contribution in [0.1, 0.15) is 30.0 Å². The number of hydrogen-bond donors (Lipinski definition) is 0. The first-order valence-corrected chi connectivity index (χ1v) is 4.59. The summed E-state index contributed by atoms with van der Waals surface area (Å²) >= 11 is 5.52. The van der Waals surface area contributed by atoms with Crippen LogP contribution in [0.2, 0.25) is 5.15 Å². The summed E-state index contributed by atoms with van der Waals surface area (Å²) in [6.07, 6.45) is -2.52. The topological polar surface area (TPSA) is 12.9 Å². The molecule has 1 heterocycles.